The molecule has 7 nitrogen and oxygen atoms in total. The third kappa shape index (κ3) is 5.42. The van der Waals surface area contributed by atoms with Gasteiger partial charge in [0, 0.05) is 23.4 Å². The Kier molecular flexibility index (Phi) is 5.97. The number of pyridine rings is 1. The first-order valence-electron chi connectivity index (χ1n) is 9.73. The molecule has 9 heteroatoms. The molecule has 31 heavy (non-hydrogen) atoms. The van der Waals surface area contributed by atoms with E-state index >= 15 is 0 Å². The largest absolute Gasteiger partial charge is 0.349 e. The van der Waals surface area contributed by atoms with Gasteiger partial charge in [0.05, 0.1) is 26.8 Å². The Balaban J connectivity index is 1.48. The molecule has 1 aliphatic rings. The first kappa shape index (κ1) is 21.3. The zero-order valence-electron chi connectivity index (χ0n) is 16.8. The Hall–Kier alpha value is -2.91. The lowest BCUT2D eigenvalue weighted by Crippen LogP contribution is -2.25. The van der Waals surface area contributed by atoms with Crippen molar-refractivity contribution in [1.29, 1.82) is 0 Å². The van der Waals surface area contributed by atoms with Crippen molar-refractivity contribution in [2.75, 3.05) is 17.3 Å². The third-order valence-corrected chi connectivity index (χ3v) is 6.77. The van der Waals surface area contributed by atoms with Crippen LogP contribution in [0.2, 0.25) is 0 Å². The minimum atomic E-state index is -3.36. The van der Waals surface area contributed by atoms with Crippen LogP contribution >= 0.6 is 11.8 Å². The van der Waals surface area contributed by atoms with Crippen LogP contribution in [0.3, 0.4) is 0 Å². The Bertz CT molecular complexity index is 1270. The van der Waals surface area contributed by atoms with E-state index in [9.17, 15) is 18.0 Å². The number of nitrogens with zero attached hydrogens (tertiary/aromatic N) is 1. The average Bonchev–Trinajstić information content (AvgIpc) is 3.55. The van der Waals surface area contributed by atoms with Gasteiger partial charge in [-0.1, -0.05) is 36.0 Å². The number of rotatable bonds is 7. The summed E-state index contributed by atoms with van der Waals surface area (Å²) in [7, 11) is -3.36. The fraction of sp³-hybridized carbons (Fsp3) is 0.227. The van der Waals surface area contributed by atoms with Gasteiger partial charge in [-0.3, -0.25) is 9.59 Å². The number of aromatic nitrogens is 1. The highest BCUT2D eigenvalue weighted by Crippen LogP contribution is 2.26. The van der Waals surface area contributed by atoms with E-state index in [-0.39, 0.29) is 28.5 Å². The molecule has 0 atom stereocenters. The second kappa shape index (κ2) is 8.68. The van der Waals surface area contributed by atoms with Gasteiger partial charge in [0.25, 0.3) is 5.91 Å². The maximum absolute atomic E-state index is 12.7. The van der Waals surface area contributed by atoms with Gasteiger partial charge in [0.1, 0.15) is 0 Å². The van der Waals surface area contributed by atoms with Gasteiger partial charge in [0.2, 0.25) is 5.91 Å². The lowest BCUT2D eigenvalue weighted by molar-refractivity contribution is -0.113. The minimum absolute atomic E-state index is 0.0676. The number of fused-ring (bicyclic) bond motifs is 1. The molecule has 0 spiro atoms. The summed E-state index contributed by atoms with van der Waals surface area (Å²) in [6.45, 7) is 0. The van der Waals surface area contributed by atoms with E-state index in [4.69, 9.17) is 0 Å². The number of hydrogen-bond donors (Lipinski definition) is 2. The highest BCUT2D eigenvalue weighted by atomic mass is 32.2. The zero-order valence-corrected chi connectivity index (χ0v) is 18.4. The molecule has 2 N–H and O–H groups in total. The van der Waals surface area contributed by atoms with E-state index < -0.39 is 9.84 Å². The fourth-order valence-electron chi connectivity index (χ4n) is 3.04. The monoisotopic (exact) mass is 455 g/mol. The summed E-state index contributed by atoms with van der Waals surface area (Å²) in [6.07, 6.45) is 3.11. The number of amides is 2. The molecule has 0 unspecified atom stereocenters. The molecule has 0 saturated heterocycles. The Morgan fingerprint density at radius 2 is 1.87 bits per heavy atom. The normalized spacial score (nSPS) is 13.7. The fourth-order valence-corrected chi connectivity index (χ4v) is 4.43. The zero-order chi connectivity index (χ0) is 22.0. The van der Waals surface area contributed by atoms with Gasteiger partial charge >= 0.3 is 0 Å². The molecule has 2 aromatic carbocycles. The third-order valence-electron chi connectivity index (χ3n) is 4.75. The maximum atomic E-state index is 12.7. The van der Waals surface area contributed by atoms with Crippen molar-refractivity contribution >= 4 is 50.0 Å². The van der Waals surface area contributed by atoms with Crippen LogP contribution < -0.4 is 10.6 Å². The van der Waals surface area contributed by atoms with Gasteiger partial charge in [-0.15, -0.1) is 0 Å². The topological polar surface area (TPSA) is 105 Å². The van der Waals surface area contributed by atoms with Crippen molar-refractivity contribution in [3.05, 3.63) is 60.2 Å². The van der Waals surface area contributed by atoms with Crippen molar-refractivity contribution in [3.8, 4) is 0 Å². The highest BCUT2D eigenvalue weighted by molar-refractivity contribution is 7.99. The van der Waals surface area contributed by atoms with Gasteiger partial charge in [-0.25, -0.2) is 13.4 Å². The number of thioether (sulfide) groups is 1. The first-order valence-corrected chi connectivity index (χ1v) is 12.6. The van der Waals surface area contributed by atoms with Crippen LogP contribution in [-0.4, -0.2) is 43.3 Å². The van der Waals surface area contributed by atoms with E-state index in [1.165, 1.54) is 23.9 Å². The lowest BCUT2D eigenvalue weighted by Gasteiger charge is -2.10. The van der Waals surface area contributed by atoms with E-state index in [1.54, 1.807) is 18.2 Å². The number of carbonyl (C=O) groups is 2. The minimum Gasteiger partial charge on any atom is -0.349 e. The molecule has 1 aliphatic carbocycles. The lowest BCUT2D eigenvalue weighted by atomic mass is 10.1. The number of anilines is 1. The van der Waals surface area contributed by atoms with E-state index in [0.717, 1.165) is 24.5 Å². The quantitative estimate of drug-likeness (QED) is 0.530. The number of carbonyl (C=O) groups excluding carboxylic acids is 2. The molecule has 4 rings (SSSR count). The molecular formula is C22H21N3O4S2. The number of sulfone groups is 1. The Labute approximate surface area is 184 Å². The smallest absolute Gasteiger partial charge is 0.252 e. The van der Waals surface area contributed by atoms with Crippen molar-refractivity contribution in [1.82, 2.24) is 10.3 Å². The Morgan fingerprint density at radius 3 is 2.61 bits per heavy atom. The summed E-state index contributed by atoms with van der Waals surface area (Å²) in [4.78, 5) is 29.8. The molecule has 1 heterocycles. The summed E-state index contributed by atoms with van der Waals surface area (Å²) in [5.41, 5.74) is 1.64. The molecule has 1 fully saturated rings. The Morgan fingerprint density at radius 1 is 1.10 bits per heavy atom. The predicted molar refractivity (Wildman–Crippen MR) is 121 cm³/mol. The predicted octanol–water partition coefficient (Wildman–Crippen LogP) is 3.26. The highest BCUT2D eigenvalue weighted by Gasteiger charge is 2.25. The molecule has 0 radical (unpaired) electrons. The van der Waals surface area contributed by atoms with E-state index in [1.807, 2.05) is 24.3 Å². The van der Waals surface area contributed by atoms with Crippen molar-refractivity contribution in [3.63, 3.8) is 0 Å². The maximum Gasteiger partial charge on any atom is 0.252 e. The standard InChI is InChI=1S/C22H21N3O4S2/c1-31(28,29)16-6-4-5-15(11-16)23-20(26)13-30-21-12-18(22(27)24-14-9-10-14)17-7-2-3-8-19(17)25-21/h2-8,11-12,14H,9-10,13H2,1H3,(H,23,26)(H,24,27). The summed E-state index contributed by atoms with van der Waals surface area (Å²) in [5, 5.41) is 7.04. The average molecular weight is 456 g/mol. The molecule has 3 aromatic rings. The molecule has 2 amide bonds. The first-order chi connectivity index (χ1) is 14.8. The molecular weight excluding hydrogens is 434 g/mol. The summed E-state index contributed by atoms with van der Waals surface area (Å²) >= 11 is 1.22. The van der Waals surface area contributed by atoms with Crippen molar-refractivity contribution in [2.45, 2.75) is 28.8 Å². The van der Waals surface area contributed by atoms with Crippen LogP contribution in [0.4, 0.5) is 5.69 Å². The van der Waals surface area contributed by atoms with Crippen molar-refractivity contribution in [2.24, 2.45) is 0 Å². The second-order valence-electron chi connectivity index (χ2n) is 7.41. The van der Waals surface area contributed by atoms with Crippen LogP contribution in [0.1, 0.15) is 23.2 Å². The van der Waals surface area contributed by atoms with Crippen LogP contribution in [0.5, 0.6) is 0 Å². The second-order valence-corrected chi connectivity index (χ2v) is 10.4. The molecule has 160 valence electrons. The number of nitrogens with one attached hydrogen (secondary N) is 2. The molecule has 1 saturated carbocycles. The van der Waals surface area contributed by atoms with Gasteiger partial charge in [0.15, 0.2) is 9.84 Å². The summed E-state index contributed by atoms with van der Waals surface area (Å²) in [5.74, 6) is -0.363. The van der Waals surface area contributed by atoms with Gasteiger partial charge in [-0.2, -0.15) is 0 Å². The van der Waals surface area contributed by atoms with E-state index in [0.29, 0.717) is 21.8 Å². The summed E-state index contributed by atoms with van der Waals surface area (Å²) in [6, 6.07) is 15.5. The molecule has 0 bridgehead atoms. The number of benzene rings is 2. The molecule has 0 aliphatic heterocycles. The van der Waals surface area contributed by atoms with Gasteiger partial charge < -0.3 is 10.6 Å². The molecule has 1 aromatic heterocycles. The SMILES string of the molecule is CS(=O)(=O)c1cccc(NC(=O)CSc2cc(C(=O)NC3CC3)c3ccccc3n2)c1. The van der Waals surface area contributed by atoms with Crippen LogP contribution in [0.25, 0.3) is 10.9 Å². The van der Waals surface area contributed by atoms with Gasteiger partial charge in [-0.05, 0) is 43.2 Å². The van der Waals surface area contributed by atoms with E-state index in [2.05, 4.69) is 15.6 Å². The number of hydrogen-bond acceptors (Lipinski definition) is 6. The number of para-hydroxylation sites is 1. The summed E-state index contributed by atoms with van der Waals surface area (Å²) < 4.78 is 23.4. The van der Waals surface area contributed by atoms with Crippen LogP contribution in [0.15, 0.2) is 64.5 Å². The van der Waals surface area contributed by atoms with Crippen LogP contribution in [-0.2, 0) is 14.6 Å². The van der Waals surface area contributed by atoms with Crippen molar-refractivity contribution < 1.29 is 18.0 Å². The van der Waals surface area contributed by atoms with Crippen LogP contribution in [0, 0.1) is 0 Å².